The first-order valence-corrected chi connectivity index (χ1v) is 7.85. The molecule has 1 heterocycles. The number of benzene rings is 2. The van der Waals surface area contributed by atoms with Crippen molar-refractivity contribution in [3.63, 3.8) is 0 Å². The number of rotatable bonds is 6. The third-order valence-corrected chi connectivity index (χ3v) is 3.77. The average Bonchev–Trinajstić information content (AvgIpc) is 3.09. The van der Waals surface area contributed by atoms with Gasteiger partial charge in [0.2, 0.25) is 0 Å². The van der Waals surface area contributed by atoms with Crippen molar-refractivity contribution in [1.82, 2.24) is 9.78 Å². The fourth-order valence-corrected chi connectivity index (χ4v) is 2.45. The second-order valence-corrected chi connectivity index (χ2v) is 5.69. The van der Waals surface area contributed by atoms with Gasteiger partial charge in [-0.05, 0) is 23.8 Å². The van der Waals surface area contributed by atoms with E-state index in [0.717, 1.165) is 23.8 Å². The summed E-state index contributed by atoms with van der Waals surface area (Å²) in [5.41, 5.74) is -0.721. The number of amides is 1. The summed E-state index contributed by atoms with van der Waals surface area (Å²) >= 11 is 0. The molecule has 0 aliphatic rings. The minimum absolute atomic E-state index is 0.139. The van der Waals surface area contributed by atoms with Gasteiger partial charge in [0.1, 0.15) is 11.4 Å². The van der Waals surface area contributed by atoms with Gasteiger partial charge in [-0.2, -0.15) is 5.10 Å². The Morgan fingerprint density at radius 1 is 1.07 bits per heavy atom. The second-order valence-electron chi connectivity index (χ2n) is 5.69. The molecule has 2 aromatic carbocycles. The van der Waals surface area contributed by atoms with E-state index in [4.69, 9.17) is 0 Å². The Morgan fingerprint density at radius 2 is 1.79 bits per heavy atom. The molecule has 0 bridgehead atoms. The van der Waals surface area contributed by atoms with Crippen LogP contribution < -0.4 is 5.32 Å². The quantitative estimate of drug-likeness (QED) is 0.512. The number of hydrogen-bond acceptors (Lipinski definition) is 6. The van der Waals surface area contributed by atoms with Gasteiger partial charge < -0.3 is 5.32 Å². The van der Waals surface area contributed by atoms with Crippen molar-refractivity contribution in [2.24, 2.45) is 0 Å². The fraction of sp³-hybridized carbons (Fsp3) is 0.0588. The monoisotopic (exact) mass is 385 g/mol. The number of nitrogens with one attached hydrogen (secondary N) is 1. The van der Waals surface area contributed by atoms with Gasteiger partial charge in [0.15, 0.2) is 5.82 Å². The van der Waals surface area contributed by atoms with Crippen LogP contribution in [-0.2, 0) is 6.54 Å². The largest absolute Gasteiger partial charge is 0.305 e. The van der Waals surface area contributed by atoms with E-state index in [1.807, 2.05) is 0 Å². The second kappa shape index (κ2) is 7.61. The highest BCUT2D eigenvalue weighted by molar-refractivity contribution is 6.06. The predicted molar refractivity (Wildman–Crippen MR) is 95.4 cm³/mol. The number of non-ortho nitro benzene ring substituents is 1. The van der Waals surface area contributed by atoms with Crippen LogP contribution >= 0.6 is 0 Å². The number of carbonyl (C=O) groups excluding carboxylic acids is 1. The Kier molecular flexibility index (Phi) is 5.07. The molecule has 0 radical (unpaired) electrons. The van der Waals surface area contributed by atoms with Crippen LogP contribution in [0, 0.1) is 26.0 Å². The van der Waals surface area contributed by atoms with E-state index in [1.54, 1.807) is 18.3 Å². The number of aromatic nitrogens is 2. The molecule has 0 unspecified atom stereocenters. The number of hydrogen-bond donors (Lipinski definition) is 1. The van der Waals surface area contributed by atoms with Gasteiger partial charge >= 0.3 is 0 Å². The van der Waals surface area contributed by atoms with Crippen molar-refractivity contribution in [3.05, 3.63) is 91.9 Å². The van der Waals surface area contributed by atoms with Crippen molar-refractivity contribution in [3.8, 4) is 0 Å². The third-order valence-electron chi connectivity index (χ3n) is 3.77. The summed E-state index contributed by atoms with van der Waals surface area (Å²) in [6, 6.07) is 10.0. The maximum atomic E-state index is 12.9. The first kappa shape index (κ1) is 18.6. The highest BCUT2D eigenvalue weighted by Crippen LogP contribution is 2.25. The van der Waals surface area contributed by atoms with E-state index in [0.29, 0.717) is 6.54 Å². The first-order chi connectivity index (χ1) is 13.3. The zero-order valence-corrected chi connectivity index (χ0v) is 14.1. The number of halogens is 1. The van der Waals surface area contributed by atoms with Gasteiger partial charge in [-0.3, -0.25) is 29.7 Å². The minimum Gasteiger partial charge on any atom is -0.305 e. The molecule has 28 heavy (non-hydrogen) atoms. The molecule has 0 fully saturated rings. The van der Waals surface area contributed by atoms with E-state index >= 15 is 0 Å². The topological polar surface area (TPSA) is 133 Å². The molecule has 11 heteroatoms. The molecule has 0 aliphatic heterocycles. The molecule has 0 aliphatic carbocycles. The van der Waals surface area contributed by atoms with E-state index in [-0.39, 0.29) is 17.2 Å². The Hall–Kier alpha value is -4.15. The lowest BCUT2D eigenvalue weighted by Gasteiger charge is -2.04. The normalized spacial score (nSPS) is 10.5. The van der Waals surface area contributed by atoms with Crippen molar-refractivity contribution < 1.29 is 19.0 Å². The lowest BCUT2D eigenvalue weighted by molar-refractivity contribution is -0.394. The van der Waals surface area contributed by atoms with Crippen LogP contribution in [-0.4, -0.2) is 25.5 Å². The summed E-state index contributed by atoms with van der Waals surface area (Å²) in [6.07, 6.45) is 1.57. The molecule has 142 valence electrons. The van der Waals surface area contributed by atoms with Crippen molar-refractivity contribution in [2.75, 3.05) is 5.32 Å². The van der Waals surface area contributed by atoms with Gasteiger partial charge in [-0.25, -0.2) is 4.39 Å². The molecule has 1 amide bonds. The van der Waals surface area contributed by atoms with Crippen molar-refractivity contribution in [2.45, 2.75) is 6.54 Å². The molecular formula is C17H12FN5O5. The molecular weight excluding hydrogens is 373 g/mol. The number of carbonyl (C=O) groups is 1. The zero-order valence-electron chi connectivity index (χ0n) is 14.1. The zero-order chi connectivity index (χ0) is 20.3. The van der Waals surface area contributed by atoms with Crippen LogP contribution in [0.3, 0.4) is 0 Å². The lowest BCUT2D eigenvalue weighted by Crippen LogP contribution is -2.15. The van der Waals surface area contributed by atoms with E-state index in [2.05, 4.69) is 10.4 Å². The molecule has 1 N–H and O–H groups in total. The summed E-state index contributed by atoms with van der Waals surface area (Å²) in [6.45, 7) is 0.327. The molecule has 3 aromatic rings. The van der Waals surface area contributed by atoms with Crippen LogP contribution in [0.5, 0.6) is 0 Å². The molecule has 3 rings (SSSR count). The summed E-state index contributed by atoms with van der Waals surface area (Å²) in [7, 11) is 0. The Balaban J connectivity index is 1.76. The highest BCUT2D eigenvalue weighted by Gasteiger charge is 2.24. The number of nitro groups is 2. The number of anilines is 1. The minimum atomic E-state index is -0.866. The Labute approximate surface area is 156 Å². The van der Waals surface area contributed by atoms with Gasteiger partial charge in [-0.15, -0.1) is 0 Å². The number of nitrogens with zero attached hydrogens (tertiary/aromatic N) is 4. The van der Waals surface area contributed by atoms with Crippen LogP contribution in [0.25, 0.3) is 0 Å². The molecule has 0 spiro atoms. The highest BCUT2D eigenvalue weighted by atomic mass is 19.1. The van der Waals surface area contributed by atoms with Gasteiger partial charge in [0.25, 0.3) is 17.3 Å². The Morgan fingerprint density at radius 3 is 2.43 bits per heavy atom. The van der Waals surface area contributed by atoms with Crippen molar-refractivity contribution in [1.29, 1.82) is 0 Å². The van der Waals surface area contributed by atoms with Gasteiger partial charge in [0, 0.05) is 18.3 Å². The maximum absolute atomic E-state index is 12.9. The smallest absolute Gasteiger partial charge is 0.289 e. The van der Waals surface area contributed by atoms with Crippen molar-refractivity contribution >= 4 is 23.1 Å². The summed E-state index contributed by atoms with van der Waals surface area (Å²) < 4.78 is 14.4. The van der Waals surface area contributed by atoms with Gasteiger partial charge in [0.05, 0.1) is 22.5 Å². The van der Waals surface area contributed by atoms with E-state index in [1.165, 1.54) is 22.9 Å². The fourth-order valence-electron chi connectivity index (χ4n) is 2.45. The standard InChI is InChI=1S/C17H12FN5O5/c18-12-3-1-11(2-4-12)10-21-8-7-16(20-21)19-17(24)14-6-5-13(22(25)26)9-15(14)23(27)28/h1-9H,10H2,(H,19,20,24). The summed E-state index contributed by atoms with van der Waals surface area (Å²) in [4.78, 5) is 32.6. The maximum Gasteiger partial charge on any atom is 0.289 e. The summed E-state index contributed by atoms with van der Waals surface area (Å²) in [5.74, 6) is -1.05. The molecule has 1 aromatic heterocycles. The van der Waals surface area contributed by atoms with E-state index in [9.17, 15) is 29.4 Å². The SMILES string of the molecule is O=C(Nc1ccn(Cc2ccc(F)cc2)n1)c1ccc([N+](=O)[O-])cc1[N+](=O)[O-]. The molecule has 10 nitrogen and oxygen atoms in total. The molecule has 0 saturated carbocycles. The molecule has 0 saturated heterocycles. The number of nitro benzene ring substituents is 2. The summed E-state index contributed by atoms with van der Waals surface area (Å²) in [5, 5.41) is 28.4. The third kappa shape index (κ3) is 4.15. The average molecular weight is 385 g/mol. The van der Waals surface area contributed by atoms with E-state index < -0.39 is 27.1 Å². The van der Waals surface area contributed by atoms with Crippen LogP contribution in [0.2, 0.25) is 0 Å². The van der Waals surface area contributed by atoms with Crippen LogP contribution in [0.4, 0.5) is 21.6 Å². The van der Waals surface area contributed by atoms with Gasteiger partial charge in [-0.1, -0.05) is 12.1 Å². The Bertz CT molecular complexity index is 1060. The first-order valence-electron chi connectivity index (χ1n) is 7.85. The van der Waals surface area contributed by atoms with Crippen LogP contribution in [0.1, 0.15) is 15.9 Å². The predicted octanol–water partition coefficient (Wildman–Crippen LogP) is 3.14. The lowest BCUT2D eigenvalue weighted by atomic mass is 10.1. The van der Waals surface area contributed by atoms with Crippen LogP contribution in [0.15, 0.2) is 54.7 Å². The molecule has 0 atom stereocenters.